The van der Waals surface area contributed by atoms with Gasteiger partial charge in [0.05, 0.1) is 13.2 Å². The lowest BCUT2D eigenvalue weighted by Gasteiger charge is -2.18. The zero-order valence-electron chi connectivity index (χ0n) is 14.2. The number of nitrogens with zero attached hydrogens (tertiary/aromatic N) is 1. The van der Waals surface area contributed by atoms with Gasteiger partial charge in [-0.15, -0.1) is 0 Å². The average Bonchev–Trinajstić information content (AvgIpc) is 2.48. The molecule has 120 valence electrons. The first-order valence-electron chi connectivity index (χ1n) is 8.24. The lowest BCUT2D eigenvalue weighted by Crippen LogP contribution is -2.27. The van der Waals surface area contributed by atoms with Gasteiger partial charge in [-0.25, -0.2) is 0 Å². The van der Waals surface area contributed by atoms with Crippen molar-refractivity contribution in [2.75, 3.05) is 32.8 Å². The van der Waals surface area contributed by atoms with Crippen molar-refractivity contribution in [3.05, 3.63) is 35.4 Å². The van der Waals surface area contributed by atoms with Crippen LogP contribution in [0, 0.1) is 5.92 Å². The van der Waals surface area contributed by atoms with Gasteiger partial charge in [-0.3, -0.25) is 0 Å². The molecule has 0 saturated heterocycles. The SMILES string of the molecule is CCN(CC)CCOCc1ccccc1CNCC(C)C. The minimum atomic E-state index is 0.683. The normalized spacial score (nSPS) is 11.5. The minimum Gasteiger partial charge on any atom is -0.375 e. The molecule has 0 aliphatic carbocycles. The molecule has 3 heteroatoms. The van der Waals surface area contributed by atoms with Gasteiger partial charge in [-0.05, 0) is 36.7 Å². The van der Waals surface area contributed by atoms with Crippen LogP contribution in [-0.4, -0.2) is 37.7 Å². The number of nitrogens with one attached hydrogen (secondary N) is 1. The van der Waals surface area contributed by atoms with Gasteiger partial charge in [-0.1, -0.05) is 52.0 Å². The van der Waals surface area contributed by atoms with Crippen molar-refractivity contribution in [3.63, 3.8) is 0 Å². The second-order valence-electron chi connectivity index (χ2n) is 5.87. The first-order chi connectivity index (χ1) is 10.2. The largest absolute Gasteiger partial charge is 0.375 e. The number of hydrogen-bond donors (Lipinski definition) is 1. The van der Waals surface area contributed by atoms with Crippen LogP contribution in [0.1, 0.15) is 38.8 Å². The van der Waals surface area contributed by atoms with Crippen LogP contribution in [0.3, 0.4) is 0 Å². The second-order valence-corrected chi connectivity index (χ2v) is 5.87. The molecule has 0 unspecified atom stereocenters. The van der Waals surface area contributed by atoms with Gasteiger partial charge < -0.3 is 15.0 Å². The molecule has 1 rings (SSSR count). The van der Waals surface area contributed by atoms with Crippen molar-refractivity contribution in [2.45, 2.75) is 40.8 Å². The van der Waals surface area contributed by atoms with Gasteiger partial charge in [0.1, 0.15) is 0 Å². The first kappa shape index (κ1) is 18.1. The maximum absolute atomic E-state index is 5.85. The van der Waals surface area contributed by atoms with Crippen molar-refractivity contribution >= 4 is 0 Å². The summed E-state index contributed by atoms with van der Waals surface area (Å²) in [5.74, 6) is 0.683. The summed E-state index contributed by atoms with van der Waals surface area (Å²) in [6.07, 6.45) is 0. The van der Waals surface area contributed by atoms with E-state index in [-0.39, 0.29) is 0 Å². The van der Waals surface area contributed by atoms with E-state index in [9.17, 15) is 0 Å². The van der Waals surface area contributed by atoms with E-state index in [0.29, 0.717) is 12.5 Å². The molecule has 0 bridgehead atoms. The summed E-state index contributed by atoms with van der Waals surface area (Å²) in [7, 11) is 0. The van der Waals surface area contributed by atoms with Crippen LogP contribution in [0.2, 0.25) is 0 Å². The Hall–Kier alpha value is -0.900. The molecule has 0 amide bonds. The zero-order chi connectivity index (χ0) is 15.5. The molecule has 3 nitrogen and oxygen atoms in total. The summed E-state index contributed by atoms with van der Waals surface area (Å²) >= 11 is 0. The Bertz CT molecular complexity index is 375. The summed E-state index contributed by atoms with van der Waals surface area (Å²) in [6.45, 7) is 15.5. The van der Waals surface area contributed by atoms with Crippen molar-refractivity contribution in [2.24, 2.45) is 5.92 Å². The third-order valence-electron chi connectivity index (χ3n) is 3.69. The van der Waals surface area contributed by atoms with Crippen molar-refractivity contribution in [1.82, 2.24) is 10.2 Å². The molecule has 1 aromatic carbocycles. The summed E-state index contributed by atoms with van der Waals surface area (Å²) in [4.78, 5) is 2.39. The van der Waals surface area contributed by atoms with Gasteiger partial charge >= 0.3 is 0 Å². The molecule has 1 N–H and O–H groups in total. The summed E-state index contributed by atoms with van der Waals surface area (Å²) in [6, 6.07) is 8.56. The fraction of sp³-hybridized carbons (Fsp3) is 0.667. The molecular weight excluding hydrogens is 260 g/mol. The molecular formula is C18H32N2O. The Morgan fingerprint density at radius 2 is 1.76 bits per heavy atom. The van der Waals surface area contributed by atoms with Crippen LogP contribution >= 0.6 is 0 Å². The monoisotopic (exact) mass is 292 g/mol. The van der Waals surface area contributed by atoms with E-state index in [4.69, 9.17) is 4.74 Å². The third kappa shape index (κ3) is 7.60. The topological polar surface area (TPSA) is 24.5 Å². The molecule has 0 fully saturated rings. The molecule has 0 heterocycles. The molecule has 0 radical (unpaired) electrons. The van der Waals surface area contributed by atoms with Crippen LogP contribution in [0.25, 0.3) is 0 Å². The average molecular weight is 292 g/mol. The maximum atomic E-state index is 5.85. The molecule has 0 saturated carbocycles. The molecule has 0 atom stereocenters. The highest BCUT2D eigenvalue weighted by Crippen LogP contribution is 2.10. The number of ether oxygens (including phenoxy) is 1. The number of rotatable bonds is 11. The summed E-state index contributed by atoms with van der Waals surface area (Å²) in [5.41, 5.74) is 2.65. The maximum Gasteiger partial charge on any atom is 0.0720 e. The first-order valence-corrected chi connectivity index (χ1v) is 8.24. The number of hydrogen-bond acceptors (Lipinski definition) is 3. The van der Waals surface area contributed by atoms with Gasteiger partial charge in [0.2, 0.25) is 0 Å². The molecule has 0 aromatic heterocycles. The van der Waals surface area contributed by atoms with Crippen molar-refractivity contribution in [3.8, 4) is 0 Å². The Morgan fingerprint density at radius 3 is 2.38 bits per heavy atom. The number of likely N-dealkylation sites (N-methyl/N-ethyl adjacent to an activating group) is 1. The second kappa shape index (κ2) is 10.8. The van der Waals surface area contributed by atoms with E-state index in [0.717, 1.165) is 39.3 Å². The van der Waals surface area contributed by atoms with E-state index >= 15 is 0 Å². The van der Waals surface area contributed by atoms with E-state index in [1.807, 2.05) is 0 Å². The highest BCUT2D eigenvalue weighted by molar-refractivity contribution is 5.26. The van der Waals surface area contributed by atoms with E-state index < -0.39 is 0 Å². The minimum absolute atomic E-state index is 0.683. The Kier molecular flexibility index (Phi) is 9.31. The van der Waals surface area contributed by atoms with E-state index in [2.05, 4.69) is 62.2 Å². The van der Waals surface area contributed by atoms with Gasteiger partial charge in [-0.2, -0.15) is 0 Å². The van der Waals surface area contributed by atoms with Crippen LogP contribution in [0.15, 0.2) is 24.3 Å². The highest BCUT2D eigenvalue weighted by atomic mass is 16.5. The van der Waals surface area contributed by atoms with Crippen molar-refractivity contribution in [1.29, 1.82) is 0 Å². The highest BCUT2D eigenvalue weighted by Gasteiger charge is 2.03. The lowest BCUT2D eigenvalue weighted by molar-refractivity contribution is 0.0951. The quantitative estimate of drug-likeness (QED) is 0.633. The van der Waals surface area contributed by atoms with Gasteiger partial charge in [0.25, 0.3) is 0 Å². The van der Waals surface area contributed by atoms with Crippen molar-refractivity contribution < 1.29 is 4.74 Å². The predicted molar refractivity (Wildman–Crippen MR) is 90.4 cm³/mol. The Balaban J connectivity index is 2.36. The molecule has 0 aliphatic heterocycles. The summed E-state index contributed by atoms with van der Waals surface area (Å²) in [5, 5.41) is 3.50. The van der Waals surface area contributed by atoms with Gasteiger partial charge in [0, 0.05) is 13.1 Å². The molecule has 0 spiro atoms. The fourth-order valence-corrected chi connectivity index (χ4v) is 2.28. The third-order valence-corrected chi connectivity index (χ3v) is 3.69. The van der Waals surface area contributed by atoms with Crippen LogP contribution in [0.4, 0.5) is 0 Å². The van der Waals surface area contributed by atoms with Crippen LogP contribution < -0.4 is 5.32 Å². The molecule has 1 aromatic rings. The van der Waals surface area contributed by atoms with E-state index in [1.165, 1.54) is 11.1 Å². The summed E-state index contributed by atoms with van der Waals surface area (Å²) < 4.78 is 5.85. The zero-order valence-corrected chi connectivity index (χ0v) is 14.2. The fourth-order valence-electron chi connectivity index (χ4n) is 2.28. The van der Waals surface area contributed by atoms with Crippen LogP contribution in [0.5, 0.6) is 0 Å². The molecule has 21 heavy (non-hydrogen) atoms. The Labute approximate surface area is 130 Å². The lowest BCUT2D eigenvalue weighted by atomic mass is 10.1. The van der Waals surface area contributed by atoms with Gasteiger partial charge in [0.15, 0.2) is 0 Å². The standard InChI is InChI=1S/C18H32N2O/c1-5-20(6-2)11-12-21-15-18-10-8-7-9-17(18)14-19-13-16(3)4/h7-10,16,19H,5-6,11-15H2,1-4H3. The number of benzene rings is 1. The predicted octanol–water partition coefficient (Wildman–Crippen LogP) is 3.29. The smallest absolute Gasteiger partial charge is 0.0720 e. The molecule has 0 aliphatic rings. The van der Waals surface area contributed by atoms with Crippen LogP contribution in [-0.2, 0) is 17.9 Å². The van der Waals surface area contributed by atoms with E-state index in [1.54, 1.807) is 0 Å². The Morgan fingerprint density at radius 1 is 1.10 bits per heavy atom.